The molecule has 2 aromatic rings. The van der Waals surface area contributed by atoms with Crippen LogP contribution < -0.4 is 4.74 Å². The van der Waals surface area contributed by atoms with Crippen molar-refractivity contribution in [3.8, 4) is 5.75 Å². The smallest absolute Gasteiger partial charge is 0.118 e. The van der Waals surface area contributed by atoms with Crippen LogP contribution >= 0.6 is 15.9 Å². The van der Waals surface area contributed by atoms with Crippen molar-refractivity contribution in [3.05, 3.63) is 64.6 Å². The third-order valence-electron chi connectivity index (χ3n) is 6.45. The molecule has 4 saturated carbocycles. The van der Waals surface area contributed by atoms with Crippen molar-refractivity contribution in [1.29, 1.82) is 0 Å². The van der Waals surface area contributed by atoms with Crippen molar-refractivity contribution in [2.24, 2.45) is 17.8 Å². The summed E-state index contributed by atoms with van der Waals surface area (Å²) in [7, 11) is 1.66. The summed E-state index contributed by atoms with van der Waals surface area (Å²) >= 11 is 3.64. The van der Waals surface area contributed by atoms with E-state index in [1.807, 2.05) is 30.3 Å². The van der Waals surface area contributed by atoms with Crippen LogP contribution in [0.25, 0.3) is 0 Å². The van der Waals surface area contributed by atoms with Crippen LogP contribution in [0.15, 0.2) is 59.1 Å². The van der Waals surface area contributed by atoms with Gasteiger partial charge >= 0.3 is 0 Å². The number of hydrogen-bond acceptors (Lipinski definition) is 1. The number of ether oxygens (including phenoxy) is 1. The molecule has 4 aliphatic rings. The van der Waals surface area contributed by atoms with Gasteiger partial charge in [0.2, 0.25) is 0 Å². The molecule has 0 amide bonds. The second-order valence-corrected chi connectivity index (χ2v) is 9.14. The first-order valence-electron chi connectivity index (χ1n) is 9.52. The van der Waals surface area contributed by atoms with E-state index in [9.17, 15) is 0 Å². The Balaban J connectivity index is 0.000000166. The van der Waals surface area contributed by atoms with Gasteiger partial charge in [-0.15, -0.1) is 0 Å². The van der Waals surface area contributed by atoms with Crippen molar-refractivity contribution in [3.63, 3.8) is 0 Å². The molecule has 2 heteroatoms. The second kappa shape index (κ2) is 7.15. The molecular weight excluding hydrogens is 372 g/mol. The fourth-order valence-electron chi connectivity index (χ4n) is 5.84. The minimum Gasteiger partial charge on any atom is -0.497 e. The summed E-state index contributed by atoms with van der Waals surface area (Å²) in [5.74, 6) is 4.04. The summed E-state index contributed by atoms with van der Waals surface area (Å²) in [6, 6.07) is 18.8. The van der Waals surface area contributed by atoms with Gasteiger partial charge < -0.3 is 4.74 Å². The van der Waals surface area contributed by atoms with Crippen LogP contribution in [0.4, 0.5) is 0 Å². The third-order valence-corrected chi connectivity index (χ3v) is 6.95. The van der Waals surface area contributed by atoms with Gasteiger partial charge in [-0.05, 0) is 91.5 Å². The highest BCUT2D eigenvalue weighted by Crippen LogP contribution is 2.60. The minimum absolute atomic E-state index is 0.554. The molecule has 4 aliphatic carbocycles. The molecule has 0 atom stereocenters. The summed E-state index contributed by atoms with van der Waals surface area (Å²) in [6.45, 7) is 0. The van der Waals surface area contributed by atoms with E-state index in [1.165, 1.54) is 43.0 Å². The van der Waals surface area contributed by atoms with Gasteiger partial charge in [-0.2, -0.15) is 0 Å². The number of hydrogen-bond donors (Lipinski definition) is 0. The normalized spacial score (nSPS) is 32.0. The van der Waals surface area contributed by atoms with Crippen LogP contribution in [0, 0.1) is 17.8 Å². The van der Waals surface area contributed by atoms with Crippen molar-refractivity contribution in [2.45, 2.75) is 43.9 Å². The number of para-hydroxylation sites is 1. The standard InChI is InChI=1S/C16H19Br.C7H8O/c17-15-3-1-2-14(7-15)16-8-11-4-12(9-16)6-13(5-11)10-16;1-8-7-5-3-2-4-6-7/h1-3,7,11-13H,4-6,8-10H2;2-6H,1H3. The van der Waals surface area contributed by atoms with Gasteiger partial charge in [0.05, 0.1) is 7.11 Å². The van der Waals surface area contributed by atoms with Crippen LogP contribution in [0.5, 0.6) is 5.75 Å². The first kappa shape index (κ1) is 17.1. The zero-order chi connectivity index (χ0) is 17.3. The molecule has 0 saturated heterocycles. The maximum atomic E-state index is 4.91. The van der Waals surface area contributed by atoms with Gasteiger partial charge in [0, 0.05) is 4.47 Å². The molecule has 132 valence electrons. The number of rotatable bonds is 2. The van der Waals surface area contributed by atoms with Gasteiger partial charge in [-0.3, -0.25) is 0 Å². The van der Waals surface area contributed by atoms with E-state index >= 15 is 0 Å². The molecule has 0 aromatic heterocycles. The molecule has 0 heterocycles. The van der Waals surface area contributed by atoms with Crippen LogP contribution in [0.1, 0.15) is 44.1 Å². The Morgan fingerprint density at radius 1 is 0.840 bits per heavy atom. The van der Waals surface area contributed by atoms with Gasteiger partial charge in [-0.1, -0.05) is 46.3 Å². The molecule has 1 nitrogen and oxygen atoms in total. The lowest BCUT2D eigenvalue weighted by Gasteiger charge is -2.57. The topological polar surface area (TPSA) is 9.23 Å². The van der Waals surface area contributed by atoms with E-state index in [-0.39, 0.29) is 0 Å². The third kappa shape index (κ3) is 3.65. The highest BCUT2D eigenvalue weighted by Gasteiger charge is 2.51. The molecule has 0 unspecified atom stereocenters. The van der Waals surface area contributed by atoms with E-state index in [0.29, 0.717) is 5.41 Å². The van der Waals surface area contributed by atoms with Gasteiger partial charge in [0.15, 0.2) is 0 Å². The monoisotopic (exact) mass is 398 g/mol. The highest BCUT2D eigenvalue weighted by molar-refractivity contribution is 9.10. The summed E-state index contributed by atoms with van der Waals surface area (Å²) in [5, 5.41) is 0. The second-order valence-electron chi connectivity index (χ2n) is 8.23. The molecule has 6 rings (SSSR count). The molecule has 0 N–H and O–H groups in total. The number of benzene rings is 2. The maximum Gasteiger partial charge on any atom is 0.118 e. The van der Waals surface area contributed by atoms with E-state index in [4.69, 9.17) is 4.74 Å². The van der Waals surface area contributed by atoms with E-state index in [2.05, 4.69) is 40.2 Å². The summed E-state index contributed by atoms with van der Waals surface area (Å²) < 4.78 is 6.17. The Labute approximate surface area is 159 Å². The Kier molecular flexibility index (Phi) is 4.90. The van der Waals surface area contributed by atoms with Crippen molar-refractivity contribution in [1.82, 2.24) is 0 Å². The van der Waals surface area contributed by atoms with Crippen LogP contribution in [-0.4, -0.2) is 7.11 Å². The molecule has 4 fully saturated rings. The van der Waals surface area contributed by atoms with Crippen LogP contribution in [-0.2, 0) is 5.41 Å². The molecule has 2 aromatic carbocycles. The zero-order valence-corrected chi connectivity index (χ0v) is 16.5. The summed E-state index contributed by atoms with van der Waals surface area (Å²) in [4.78, 5) is 0. The molecule has 0 radical (unpaired) electrons. The minimum atomic E-state index is 0.554. The van der Waals surface area contributed by atoms with Crippen molar-refractivity contribution >= 4 is 15.9 Å². The largest absolute Gasteiger partial charge is 0.497 e. The first-order chi connectivity index (χ1) is 12.2. The molecule has 4 bridgehead atoms. The fourth-order valence-corrected chi connectivity index (χ4v) is 6.24. The van der Waals surface area contributed by atoms with E-state index in [1.54, 1.807) is 12.7 Å². The van der Waals surface area contributed by atoms with E-state index in [0.717, 1.165) is 23.5 Å². The lowest BCUT2D eigenvalue weighted by atomic mass is 9.48. The Morgan fingerprint density at radius 3 is 1.92 bits per heavy atom. The number of halogens is 1. The van der Waals surface area contributed by atoms with Gasteiger partial charge in [-0.25, -0.2) is 0 Å². The Morgan fingerprint density at radius 2 is 1.44 bits per heavy atom. The quantitative estimate of drug-likeness (QED) is 0.552. The average molecular weight is 399 g/mol. The molecule has 25 heavy (non-hydrogen) atoms. The van der Waals surface area contributed by atoms with E-state index < -0.39 is 0 Å². The SMILES string of the molecule is Brc1cccc(C23CC4CC(CC(C4)C2)C3)c1.COc1ccccc1. The fraction of sp³-hybridized carbons (Fsp3) is 0.478. The summed E-state index contributed by atoms with van der Waals surface area (Å²) in [5.41, 5.74) is 2.17. The van der Waals surface area contributed by atoms with Crippen molar-refractivity contribution < 1.29 is 4.74 Å². The molecule has 0 aliphatic heterocycles. The lowest BCUT2D eigenvalue weighted by Crippen LogP contribution is -2.48. The predicted octanol–water partition coefficient (Wildman–Crippen LogP) is 6.61. The Bertz CT molecular complexity index is 674. The van der Waals surface area contributed by atoms with Crippen LogP contribution in [0.3, 0.4) is 0 Å². The molecular formula is C23H27BrO. The zero-order valence-electron chi connectivity index (χ0n) is 15.0. The summed E-state index contributed by atoms with van der Waals surface area (Å²) in [6.07, 6.45) is 9.01. The van der Waals surface area contributed by atoms with Crippen LogP contribution in [0.2, 0.25) is 0 Å². The highest BCUT2D eigenvalue weighted by atomic mass is 79.9. The lowest BCUT2D eigenvalue weighted by molar-refractivity contribution is -0.00521. The average Bonchev–Trinajstić information content (AvgIpc) is 2.62. The maximum absolute atomic E-state index is 4.91. The predicted molar refractivity (Wildman–Crippen MR) is 107 cm³/mol. The Hall–Kier alpha value is -1.28. The number of methoxy groups -OCH3 is 1. The first-order valence-corrected chi connectivity index (χ1v) is 10.3. The van der Waals surface area contributed by atoms with Crippen molar-refractivity contribution in [2.75, 3.05) is 7.11 Å². The van der Waals surface area contributed by atoms with Gasteiger partial charge in [0.1, 0.15) is 5.75 Å². The molecule has 0 spiro atoms. The van der Waals surface area contributed by atoms with Gasteiger partial charge in [0.25, 0.3) is 0 Å².